The molecule has 1 saturated carbocycles. The second-order valence-corrected chi connectivity index (χ2v) is 6.40. The Morgan fingerprint density at radius 3 is 2.43 bits per heavy atom. The molecule has 5 heteroatoms. The van der Waals surface area contributed by atoms with E-state index in [2.05, 4.69) is 0 Å². The first-order valence-corrected chi connectivity index (χ1v) is 7.65. The van der Waals surface area contributed by atoms with Gasteiger partial charge in [0.25, 0.3) is 0 Å². The third-order valence-corrected chi connectivity index (χ3v) is 4.81. The molecule has 0 unspecified atom stereocenters. The molecular weight excluding hydrogens is 298 g/mol. The average molecular weight is 317 g/mol. The Kier molecular flexibility index (Phi) is 5.20. The topological polar surface area (TPSA) is 37.3 Å². The van der Waals surface area contributed by atoms with Gasteiger partial charge in [-0.05, 0) is 48.8 Å². The van der Waals surface area contributed by atoms with Crippen LogP contribution in [0.5, 0.6) is 0 Å². The first kappa shape index (κ1) is 16.2. The number of aryl methyl sites for hydroxylation is 1. The summed E-state index contributed by atoms with van der Waals surface area (Å²) in [6, 6.07) is 2.10. The fraction of sp³-hybridized carbons (Fsp3) is 0.562. The monoisotopic (exact) mass is 316 g/mol. The Bertz CT molecular complexity index is 525. The smallest absolute Gasteiger partial charge is 0.303 e. The first-order valence-electron chi connectivity index (χ1n) is 7.27. The highest BCUT2D eigenvalue weighted by Crippen LogP contribution is 2.43. The highest BCUT2D eigenvalue weighted by molar-refractivity contribution is 6.31. The summed E-state index contributed by atoms with van der Waals surface area (Å²) in [4.78, 5) is 11.1. The first-order chi connectivity index (χ1) is 9.92. The molecular formula is C16H19ClF2O2. The molecule has 0 atom stereocenters. The van der Waals surface area contributed by atoms with Gasteiger partial charge in [0.1, 0.15) is 0 Å². The molecule has 1 aliphatic rings. The van der Waals surface area contributed by atoms with Crippen molar-refractivity contribution in [3.05, 3.63) is 34.4 Å². The van der Waals surface area contributed by atoms with Crippen LogP contribution in [-0.4, -0.2) is 11.1 Å². The van der Waals surface area contributed by atoms with Crippen LogP contribution in [0.15, 0.2) is 12.1 Å². The maximum Gasteiger partial charge on any atom is 0.303 e. The van der Waals surface area contributed by atoms with Crippen LogP contribution in [0.1, 0.15) is 50.5 Å². The molecule has 2 nitrogen and oxygen atoms in total. The quantitative estimate of drug-likeness (QED) is 0.778. The lowest BCUT2D eigenvalue weighted by Crippen LogP contribution is -2.28. The molecule has 0 spiro atoms. The fourth-order valence-electron chi connectivity index (χ4n) is 3.29. The van der Waals surface area contributed by atoms with Crippen LogP contribution in [0.3, 0.4) is 0 Å². The predicted molar refractivity (Wildman–Crippen MR) is 77.5 cm³/mol. The molecule has 21 heavy (non-hydrogen) atoms. The highest BCUT2D eigenvalue weighted by atomic mass is 35.5. The molecule has 2 rings (SSSR count). The van der Waals surface area contributed by atoms with Crippen LogP contribution >= 0.6 is 11.6 Å². The van der Waals surface area contributed by atoms with E-state index in [1.165, 1.54) is 0 Å². The van der Waals surface area contributed by atoms with Crippen molar-refractivity contribution in [1.82, 2.24) is 0 Å². The molecule has 0 aromatic heterocycles. The Hall–Kier alpha value is -1.16. The van der Waals surface area contributed by atoms with Crippen LogP contribution in [0.2, 0.25) is 5.02 Å². The molecule has 1 aromatic rings. The van der Waals surface area contributed by atoms with Crippen LogP contribution in [0.4, 0.5) is 8.78 Å². The predicted octanol–water partition coefficient (Wildman–Crippen LogP) is 4.98. The van der Waals surface area contributed by atoms with E-state index in [4.69, 9.17) is 16.7 Å². The molecule has 0 aliphatic heterocycles. The average Bonchev–Trinajstić information content (AvgIpc) is 2.42. The Morgan fingerprint density at radius 2 is 1.81 bits per heavy atom. The van der Waals surface area contributed by atoms with E-state index in [1.807, 2.05) is 0 Å². The SMILES string of the molecule is O=C(O)CC1(CCc2cc(F)c(F)cc2Cl)CCCCC1. The zero-order chi connectivity index (χ0) is 15.5. The van der Waals surface area contributed by atoms with Crippen molar-refractivity contribution in [3.63, 3.8) is 0 Å². The van der Waals surface area contributed by atoms with Crippen LogP contribution < -0.4 is 0 Å². The molecule has 116 valence electrons. The summed E-state index contributed by atoms with van der Waals surface area (Å²) in [5.74, 6) is -2.67. The number of aliphatic carboxylic acids is 1. The van der Waals surface area contributed by atoms with Gasteiger partial charge in [-0.3, -0.25) is 4.79 Å². The second-order valence-electron chi connectivity index (χ2n) is 5.99. The third kappa shape index (κ3) is 4.16. The maximum atomic E-state index is 13.3. The largest absolute Gasteiger partial charge is 0.481 e. The van der Waals surface area contributed by atoms with Crippen LogP contribution in [-0.2, 0) is 11.2 Å². The summed E-state index contributed by atoms with van der Waals surface area (Å²) < 4.78 is 26.4. The molecule has 0 radical (unpaired) electrons. The number of hydrogen-bond donors (Lipinski definition) is 1. The van der Waals surface area contributed by atoms with Gasteiger partial charge >= 0.3 is 5.97 Å². The number of halogens is 3. The van der Waals surface area contributed by atoms with E-state index in [9.17, 15) is 13.6 Å². The van der Waals surface area contributed by atoms with Crippen molar-refractivity contribution in [3.8, 4) is 0 Å². The Labute approximate surface area is 128 Å². The number of carboxylic acids is 1. The zero-order valence-corrected chi connectivity index (χ0v) is 12.6. The summed E-state index contributed by atoms with van der Waals surface area (Å²) in [5.41, 5.74) is 0.309. The van der Waals surface area contributed by atoms with E-state index >= 15 is 0 Å². The number of benzene rings is 1. The van der Waals surface area contributed by atoms with Gasteiger partial charge < -0.3 is 5.11 Å². The van der Waals surface area contributed by atoms with Gasteiger partial charge in [0, 0.05) is 5.02 Å². The van der Waals surface area contributed by atoms with E-state index in [0.29, 0.717) is 18.4 Å². The zero-order valence-electron chi connectivity index (χ0n) is 11.8. The van der Waals surface area contributed by atoms with Crippen molar-refractivity contribution in [2.24, 2.45) is 5.41 Å². The lowest BCUT2D eigenvalue weighted by atomic mass is 9.68. The fourth-order valence-corrected chi connectivity index (χ4v) is 3.54. The lowest BCUT2D eigenvalue weighted by molar-refractivity contribution is -0.140. The maximum absolute atomic E-state index is 13.3. The number of carboxylic acid groups (broad SMARTS) is 1. The summed E-state index contributed by atoms with van der Waals surface area (Å²) in [5, 5.41) is 9.33. The summed E-state index contributed by atoms with van der Waals surface area (Å²) in [7, 11) is 0. The highest BCUT2D eigenvalue weighted by Gasteiger charge is 2.34. The Balaban J connectivity index is 2.11. The molecule has 0 bridgehead atoms. The minimum atomic E-state index is -0.957. The van der Waals surface area contributed by atoms with E-state index in [-0.39, 0.29) is 16.9 Å². The minimum absolute atomic E-state index is 0.133. The van der Waals surface area contributed by atoms with Crippen molar-refractivity contribution in [1.29, 1.82) is 0 Å². The number of rotatable bonds is 5. The van der Waals surface area contributed by atoms with Gasteiger partial charge in [0.15, 0.2) is 11.6 Å². The molecule has 0 heterocycles. The summed E-state index contributed by atoms with van der Waals surface area (Å²) >= 11 is 5.95. The van der Waals surface area contributed by atoms with Crippen LogP contribution in [0, 0.1) is 17.0 Å². The number of hydrogen-bond acceptors (Lipinski definition) is 1. The van der Waals surface area contributed by atoms with Crippen molar-refractivity contribution in [2.75, 3.05) is 0 Å². The van der Waals surface area contributed by atoms with Gasteiger partial charge in [-0.15, -0.1) is 0 Å². The van der Waals surface area contributed by atoms with Gasteiger partial charge in [0.2, 0.25) is 0 Å². The van der Waals surface area contributed by atoms with Gasteiger partial charge in [-0.1, -0.05) is 30.9 Å². The molecule has 1 N–H and O–H groups in total. The van der Waals surface area contributed by atoms with Crippen molar-refractivity contribution in [2.45, 2.75) is 51.4 Å². The second kappa shape index (κ2) is 6.73. The molecule has 1 fully saturated rings. The van der Waals surface area contributed by atoms with Gasteiger partial charge in [-0.2, -0.15) is 0 Å². The van der Waals surface area contributed by atoms with E-state index in [0.717, 1.165) is 44.2 Å². The summed E-state index contributed by atoms with van der Waals surface area (Å²) in [6.45, 7) is 0. The van der Waals surface area contributed by atoms with Gasteiger partial charge in [0.05, 0.1) is 6.42 Å². The molecule has 0 amide bonds. The third-order valence-electron chi connectivity index (χ3n) is 4.45. The molecule has 0 saturated heterocycles. The molecule has 1 aliphatic carbocycles. The van der Waals surface area contributed by atoms with E-state index < -0.39 is 17.6 Å². The van der Waals surface area contributed by atoms with Crippen LogP contribution in [0.25, 0.3) is 0 Å². The lowest BCUT2D eigenvalue weighted by Gasteiger charge is -2.36. The minimum Gasteiger partial charge on any atom is -0.481 e. The standard InChI is InChI=1S/C16H19ClF2O2/c17-12-9-14(19)13(18)8-11(12)4-7-16(10-15(20)21)5-2-1-3-6-16/h8-9H,1-7,10H2,(H,20,21). The van der Waals surface area contributed by atoms with Crippen molar-refractivity contribution >= 4 is 17.6 Å². The number of carbonyl (C=O) groups is 1. The normalized spacial score (nSPS) is 17.7. The molecule has 1 aromatic carbocycles. The van der Waals surface area contributed by atoms with Crippen molar-refractivity contribution < 1.29 is 18.7 Å². The van der Waals surface area contributed by atoms with E-state index in [1.54, 1.807) is 0 Å². The Morgan fingerprint density at radius 1 is 1.19 bits per heavy atom. The van der Waals surface area contributed by atoms with Gasteiger partial charge in [-0.25, -0.2) is 8.78 Å². The summed E-state index contributed by atoms with van der Waals surface area (Å²) in [6.07, 6.45) is 6.19.